The maximum atomic E-state index is 9.57. The van der Waals surface area contributed by atoms with Crippen molar-refractivity contribution < 1.29 is 5.11 Å². The summed E-state index contributed by atoms with van der Waals surface area (Å²) < 4.78 is 0. The molecule has 0 radical (unpaired) electrons. The number of nitrogens with zero attached hydrogens (tertiary/aromatic N) is 4. The third-order valence-corrected chi connectivity index (χ3v) is 3.40. The lowest BCUT2D eigenvalue weighted by Gasteiger charge is -2.13. The molecule has 126 valence electrons. The van der Waals surface area contributed by atoms with E-state index < -0.39 is 0 Å². The van der Waals surface area contributed by atoms with Gasteiger partial charge in [0.2, 0.25) is 11.9 Å². The predicted molar refractivity (Wildman–Crippen MR) is 93.0 cm³/mol. The molecule has 0 amide bonds. The molecule has 0 aromatic carbocycles. The monoisotopic (exact) mass is 319 g/mol. The van der Waals surface area contributed by atoms with Gasteiger partial charge in [0.05, 0.1) is 11.8 Å². The van der Waals surface area contributed by atoms with Crippen LogP contribution in [0.1, 0.15) is 32.4 Å². The quantitative estimate of drug-likeness (QED) is 0.581. The number of aryl methyl sites for hydroxylation is 1. The van der Waals surface area contributed by atoms with Crippen molar-refractivity contribution in [2.24, 2.45) is 0 Å². The van der Waals surface area contributed by atoms with Gasteiger partial charge in [0, 0.05) is 20.6 Å². The SMILES string of the molecule is CCCNc1nc(NC)nc2c(CC[C@@H](C)O)nc(NC)nc12. The molecule has 0 saturated heterocycles. The van der Waals surface area contributed by atoms with Crippen LogP contribution in [0.3, 0.4) is 0 Å². The Morgan fingerprint density at radius 3 is 2.26 bits per heavy atom. The van der Waals surface area contributed by atoms with Crippen molar-refractivity contribution in [3.05, 3.63) is 5.69 Å². The van der Waals surface area contributed by atoms with E-state index in [1.54, 1.807) is 21.0 Å². The summed E-state index contributed by atoms with van der Waals surface area (Å²) in [7, 11) is 3.56. The average Bonchev–Trinajstić information content (AvgIpc) is 2.56. The van der Waals surface area contributed by atoms with E-state index in [0.717, 1.165) is 18.7 Å². The zero-order valence-corrected chi connectivity index (χ0v) is 14.1. The summed E-state index contributed by atoms with van der Waals surface area (Å²) in [6.07, 6.45) is 1.84. The highest BCUT2D eigenvalue weighted by Gasteiger charge is 2.15. The van der Waals surface area contributed by atoms with Gasteiger partial charge in [-0.15, -0.1) is 0 Å². The van der Waals surface area contributed by atoms with Crippen LogP contribution in [-0.2, 0) is 6.42 Å². The zero-order valence-electron chi connectivity index (χ0n) is 14.1. The van der Waals surface area contributed by atoms with Crippen molar-refractivity contribution in [3.63, 3.8) is 0 Å². The van der Waals surface area contributed by atoms with Crippen molar-refractivity contribution in [2.45, 2.75) is 39.2 Å². The van der Waals surface area contributed by atoms with Crippen LogP contribution in [0.25, 0.3) is 11.0 Å². The fourth-order valence-electron chi connectivity index (χ4n) is 2.18. The highest BCUT2D eigenvalue weighted by Crippen LogP contribution is 2.24. The molecule has 0 spiro atoms. The maximum Gasteiger partial charge on any atom is 0.225 e. The molecule has 2 aromatic rings. The molecule has 0 fully saturated rings. The van der Waals surface area contributed by atoms with Gasteiger partial charge in [-0.2, -0.15) is 4.98 Å². The summed E-state index contributed by atoms with van der Waals surface area (Å²) in [6.45, 7) is 4.67. The molecule has 1 atom stereocenters. The summed E-state index contributed by atoms with van der Waals surface area (Å²) in [4.78, 5) is 18.0. The first-order valence-electron chi connectivity index (χ1n) is 7.95. The topological polar surface area (TPSA) is 108 Å². The Morgan fingerprint density at radius 1 is 1.00 bits per heavy atom. The van der Waals surface area contributed by atoms with E-state index in [1.165, 1.54) is 0 Å². The average molecular weight is 319 g/mol. The molecule has 2 aromatic heterocycles. The molecular formula is C15H25N7O. The first-order valence-corrected chi connectivity index (χ1v) is 7.95. The minimum Gasteiger partial charge on any atom is -0.393 e. The molecule has 4 N–H and O–H groups in total. The third-order valence-electron chi connectivity index (χ3n) is 3.40. The summed E-state index contributed by atoms with van der Waals surface area (Å²) in [5, 5.41) is 18.8. The Balaban J connectivity index is 2.58. The Labute approximate surface area is 136 Å². The summed E-state index contributed by atoms with van der Waals surface area (Å²) in [5.74, 6) is 1.74. The Bertz CT molecular complexity index is 660. The minimum atomic E-state index is -0.388. The van der Waals surface area contributed by atoms with Crippen LogP contribution < -0.4 is 16.0 Å². The molecule has 0 aliphatic rings. The lowest BCUT2D eigenvalue weighted by molar-refractivity contribution is 0.184. The van der Waals surface area contributed by atoms with E-state index in [4.69, 9.17) is 0 Å². The van der Waals surface area contributed by atoms with Crippen LogP contribution in [-0.4, -0.2) is 51.8 Å². The summed E-state index contributed by atoms with van der Waals surface area (Å²) in [6, 6.07) is 0. The Morgan fingerprint density at radius 2 is 1.65 bits per heavy atom. The number of fused-ring (bicyclic) bond motifs is 1. The van der Waals surface area contributed by atoms with Gasteiger partial charge in [-0.1, -0.05) is 6.92 Å². The molecule has 0 saturated carbocycles. The molecular weight excluding hydrogens is 294 g/mol. The predicted octanol–water partition coefficient (Wildman–Crippen LogP) is 1.64. The van der Waals surface area contributed by atoms with Crippen molar-refractivity contribution in [2.75, 3.05) is 36.6 Å². The fourth-order valence-corrected chi connectivity index (χ4v) is 2.18. The number of aromatic nitrogens is 4. The Kier molecular flexibility index (Phi) is 5.86. The van der Waals surface area contributed by atoms with Gasteiger partial charge in [0.1, 0.15) is 11.0 Å². The molecule has 0 aliphatic carbocycles. The van der Waals surface area contributed by atoms with Gasteiger partial charge in [-0.3, -0.25) is 0 Å². The third kappa shape index (κ3) is 4.16. The molecule has 2 rings (SSSR count). The van der Waals surface area contributed by atoms with E-state index in [0.29, 0.717) is 41.6 Å². The van der Waals surface area contributed by atoms with Crippen molar-refractivity contribution in [1.82, 2.24) is 19.9 Å². The van der Waals surface area contributed by atoms with Crippen LogP contribution in [0, 0.1) is 0 Å². The smallest absolute Gasteiger partial charge is 0.225 e. The van der Waals surface area contributed by atoms with Crippen molar-refractivity contribution in [1.29, 1.82) is 0 Å². The number of rotatable bonds is 8. The second-order valence-corrected chi connectivity index (χ2v) is 5.40. The molecule has 0 unspecified atom stereocenters. The fraction of sp³-hybridized carbons (Fsp3) is 0.600. The number of anilines is 3. The Hall–Kier alpha value is -2.22. The van der Waals surface area contributed by atoms with E-state index >= 15 is 0 Å². The van der Waals surface area contributed by atoms with Crippen molar-refractivity contribution >= 4 is 28.7 Å². The van der Waals surface area contributed by atoms with E-state index in [-0.39, 0.29) is 6.10 Å². The van der Waals surface area contributed by atoms with Crippen LogP contribution in [0.2, 0.25) is 0 Å². The first-order chi connectivity index (χ1) is 11.1. The van der Waals surface area contributed by atoms with Gasteiger partial charge in [-0.05, 0) is 26.2 Å². The van der Waals surface area contributed by atoms with Crippen LogP contribution in [0.4, 0.5) is 17.7 Å². The van der Waals surface area contributed by atoms with E-state index in [9.17, 15) is 5.11 Å². The lowest BCUT2D eigenvalue weighted by Crippen LogP contribution is -2.11. The van der Waals surface area contributed by atoms with Gasteiger partial charge in [-0.25, -0.2) is 15.0 Å². The molecule has 0 aliphatic heterocycles. The number of aliphatic hydroxyl groups is 1. The highest BCUT2D eigenvalue weighted by molar-refractivity contribution is 5.88. The normalized spacial score (nSPS) is 12.2. The molecule has 0 bridgehead atoms. The van der Waals surface area contributed by atoms with Crippen molar-refractivity contribution in [3.8, 4) is 0 Å². The van der Waals surface area contributed by atoms with Gasteiger partial charge < -0.3 is 21.1 Å². The van der Waals surface area contributed by atoms with Gasteiger partial charge in [0.25, 0.3) is 0 Å². The zero-order chi connectivity index (χ0) is 16.8. The minimum absolute atomic E-state index is 0.388. The van der Waals surface area contributed by atoms with Crippen LogP contribution in [0.5, 0.6) is 0 Å². The summed E-state index contributed by atoms with van der Waals surface area (Å²) >= 11 is 0. The highest BCUT2D eigenvalue weighted by atomic mass is 16.3. The molecule has 23 heavy (non-hydrogen) atoms. The van der Waals surface area contributed by atoms with E-state index in [2.05, 4.69) is 42.8 Å². The van der Waals surface area contributed by atoms with Gasteiger partial charge >= 0.3 is 0 Å². The largest absolute Gasteiger partial charge is 0.393 e. The maximum absolute atomic E-state index is 9.57. The number of nitrogens with one attached hydrogen (secondary N) is 3. The molecule has 2 heterocycles. The lowest BCUT2D eigenvalue weighted by atomic mass is 10.1. The first kappa shape index (κ1) is 17.1. The number of hydrogen-bond donors (Lipinski definition) is 4. The van der Waals surface area contributed by atoms with Crippen LogP contribution >= 0.6 is 0 Å². The molecule has 8 heteroatoms. The second kappa shape index (κ2) is 7.87. The number of aliphatic hydroxyl groups excluding tert-OH is 1. The van der Waals surface area contributed by atoms with Crippen LogP contribution in [0.15, 0.2) is 0 Å². The summed E-state index contributed by atoms with van der Waals surface area (Å²) in [5.41, 5.74) is 2.21. The second-order valence-electron chi connectivity index (χ2n) is 5.40. The van der Waals surface area contributed by atoms with Gasteiger partial charge in [0.15, 0.2) is 5.82 Å². The van der Waals surface area contributed by atoms with E-state index in [1.807, 2.05) is 0 Å². The number of hydrogen-bond acceptors (Lipinski definition) is 8. The molecule has 8 nitrogen and oxygen atoms in total. The standard InChI is InChI=1S/C15H25N7O/c1-5-8-18-13-12-11(20-15(17-4)22-13)10(7-6-9(2)23)19-14(16-3)21-12/h9,23H,5-8H2,1-4H3,(H,16,19,21)(H2,17,18,20,22)/t9-/m1/s1.